The third-order valence-electron chi connectivity index (χ3n) is 1.63. The third-order valence-corrected chi connectivity index (χ3v) is 2.62. The fourth-order valence-corrected chi connectivity index (χ4v) is 1.86. The summed E-state index contributed by atoms with van der Waals surface area (Å²) in [6.07, 6.45) is 4.11. The Morgan fingerprint density at radius 3 is 3.15 bits per heavy atom. The molecular formula is C10H13ClOS. The molecule has 0 aliphatic carbocycles. The summed E-state index contributed by atoms with van der Waals surface area (Å²) in [5.74, 6) is 0.940. The third kappa shape index (κ3) is 3.41. The summed E-state index contributed by atoms with van der Waals surface area (Å²) in [5.41, 5.74) is 1.51. The van der Waals surface area contributed by atoms with Gasteiger partial charge in [0.05, 0.1) is 11.5 Å². The first-order chi connectivity index (χ1) is 6.38. The van der Waals surface area contributed by atoms with Crippen LogP contribution in [-0.4, -0.2) is 6.61 Å². The first kappa shape index (κ1) is 10.6. The summed E-state index contributed by atoms with van der Waals surface area (Å²) < 4.78 is 5.57. The van der Waals surface area contributed by atoms with Crippen LogP contribution in [-0.2, 0) is 0 Å². The predicted molar refractivity (Wildman–Crippen MR) is 59.6 cm³/mol. The number of rotatable bonds is 5. The molecule has 13 heavy (non-hydrogen) atoms. The van der Waals surface area contributed by atoms with Crippen LogP contribution >= 0.6 is 22.9 Å². The Morgan fingerprint density at radius 1 is 1.62 bits per heavy atom. The van der Waals surface area contributed by atoms with Crippen LogP contribution in [0.2, 0.25) is 0 Å². The minimum atomic E-state index is 0.788. The van der Waals surface area contributed by atoms with Crippen LogP contribution < -0.4 is 4.74 Å². The van der Waals surface area contributed by atoms with E-state index in [1.807, 2.05) is 17.5 Å². The van der Waals surface area contributed by atoms with E-state index in [2.05, 4.69) is 6.92 Å². The van der Waals surface area contributed by atoms with Gasteiger partial charge < -0.3 is 4.74 Å². The van der Waals surface area contributed by atoms with Gasteiger partial charge in [0, 0.05) is 5.54 Å². The molecule has 3 heteroatoms. The van der Waals surface area contributed by atoms with Crippen LogP contribution in [0.15, 0.2) is 17.0 Å². The van der Waals surface area contributed by atoms with Crippen molar-refractivity contribution in [2.75, 3.05) is 6.61 Å². The van der Waals surface area contributed by atoms with E-state index in [-0.39, 0.29) is 0 Å². The summed E-state index contributed by atoms with van der Waals surface area (Å²) >= 11 is 7.13. The second-order valence-corrected chi connectivity index (χ2v) is 3.84. The maximum Gasteiger partial charge on any atom is 0.137 e. The van der Waals surface area contributed by atoms with Crippen molar-refractivity contribution in [3.05, 3.63) is 21.9 Å². The fourth-order valence-electron chi connectivity index (χ4n) is 0.934. The molecule has 1 aromatic rings. The number of unbranched alkanes of at least 4 members (excludes halogenated alkanes) is 1. The SMILES string of the molecule is CCCCOc1ccsc1C=CCl. The van der Waals surface area contributed by atoms with Crippen molar-refractivity contribution in [2.45, 2.75) is 19.8 Å². The number of hydrogen-bond acceptors (Lipinski definition) is 2. The van der Waals surface area contributed by atoms with Gasteiger partial charge in [-0.15, -0.1) is 11.3 Å². The Morgan fingerprint density at radius 2 is 2.46 bits per heavy atom. The lowest BCUT2D eigenvalue weighted by Crippen LogP contribution is -1.95. The highest BCUT2D eigenvalue weighted by Gasteiger charge is 2.00. The average Bonchev–Trinajstić information content (AvgIpc) is 2.54. The van der Waals surface area contributed by atoms with E-state index >= 15 is 0 Å². The van der Waals surface area contributed by atoms with Gasteiger partial charge in [-0.3, -0.25) is 0 Å². The Hall–Kier alpha value is -0.470. The van der Waals surface area contributed by atoms with Crippen LogP contribution in [0.5, 0.6) is 5.75 Å². The molecule has 1 aromatic heterocycles. The number of hydrogen-bond donors (Lipinski definition) is 0. The van der Waals surface area contributed by atoms with E-state index in [0.29, 0.717) is 0 Å². The first-order valence-electron chi connectivity index (χ1n) is 4.35. The molecule has 0 bridgehead atoms. The quantitative estimate of drug-likeness (QED) is 0.673. The van der Waals surface area contributed by atoms with Gasteiger partial charge in [-0.25, -0.2) is 0 Å². The molecule has 0 unspecified atom stereocenters. The van der Waals surface area contributed by atoms with Gasteiger partial charge in [-0.05, 0) is 23.9 Å². The van der Waals surface area contributed by atoms with E-state index < -0.39 is 0 Å². The molecule has 0 N–H and O–H groups in total. The summed E-state index contributed by atoms with van der Waals surface area (Å²) in [4.78, 5) is 1.09. The molecule has 0 aromatic carbocycles. The smallest absolute Gasteiger partial charge is 0.137 e. The highest BCUT2D eigenvalue weighted by Crippen LogP contribution is 2.26. The molecule has 1 heterocycles. The van der Waals surface area contributed by atoms with E-state index in [1.165, 1.54) is 5.54 Å². The molecule has 0 atom stereocenters. The van der Waals surface area contributed by atoms with E-state index in [9.17, 15) is 0 Å². The Labute approximate surface area is 88.0 Å². The lowest BCUT2D eigenvalue weighted by atomic mass is 10.3. The van der Waals surface area contributed by atoms with Crippen molar-refractivity contribution in [3.63, 3.8) is 0 Å². The average molecular weight is 217 g/mol. The molecule has 0 radical (unpaired) electrons. The van der Waals surface area contributed by atoms with E-state index in [1.54, 1.807) is 11.3 Å². The zero-order valence-electron chi connectivity index (χ0n) is 7.63. The van der Waals surface area contributed by atoms with Crippen molar-refractivity contribution in [1.29, 1.82) is 0 Å². The topological polar surface area (TPSA) is 9.23 Å². The second-order valence-electron chi connectivity index (χ2n) is 2.64. The predicted octanol–water partition coefficient (Wildman–Crippen LogP) is 4.14. The molecule has 0 saturated carbocycles. The molecule has 1 rings (SSSR count). The summed E-state index contributed by atoms with van der Waals surface area (Å²) in [7, 11) is 0. The van der Waals surface area contributed by atoms with Gasteiger partial charge >= 0.3 is 0 Å². The molecule has 72 valence electrons. The van der Waals surface area contributed by atoms with Crippen LogP contribution in [0.25, 0.3) is 6.08 Å². The van der Waals surface area contributed by atoms with Gasteiger partial charge in [0.25, 0.3) is 0 Å². The number of ether oxygens (including phenoxy) is 1. The monoisotopic (exact) mass is 216 g/mol. The highest BCUT2D eigenvalue weighted by atomic mass is 35.5. The van der Waals surface area contributed by atoms with Crippen molar-refractivity contribution >= 4 is 29.0 Å². The van der Waals surface area contributed by atoms with Crippen LogP contribution in [0.3, 0.4) is 0 Å². The lowest BCUT2D eigenvalue weighted by molar-refractivity contribution is 0.310. The fraction of sp³-hybridized carbons (Fsp3) is 0.400. The Bertz CT molecular complexity index is 268. The van der Waals surface area contributed by atoms with Gasteiger partial charge in [0.1, 0.15) is 5.75 Å². The minimum absolute atomic E-state index is 0.788. The largest absolute Gasteiger partial charge is 0.492 e. The summed E-state index contributed by atoms with van der Waals surface area (Å²) in [5, 5.41) is 2.01. The second kappa shape index (κ2) is 6.06. The number of halogens is 1. The minimum Gasteiger partial charge on any atom is -0.492 e. The zero-order chi connectivity index (χ0) is 9.52. The number of thiophene rings is 1. The molecule has 0 spiro atoms. The normalized spacial score (nSPS) is 10.9. The van der Waals surface area contributed by atoms with Crippen molar-refractivity contribution in [1.82, 2.24) is 0 Å². The van der Waals surface area contributed by atoms with Gasteiger partial charge in [-0.1, -0.05) is 24.9 Å². The maximum absolute atomic E-state index is 5.57. The molecule has 0 saturated heterocycles. The van der Waals surface area contributed by atoms with Gasteiger partial charge in [-0.2, -0.15) is 0 Å². The zero-order valence-corrected chi connectivity index (χ0v) is 9.20. The van der Waals surface area contributed by atoms with Crippen LogP contribution in [0.1, 0.15) is 24.6 Å². The summed E-state index contributed by atoms with van der Waals surface area (Å²) in [6, 6.07) is 1.98. The van der Waals surface area contributed by atoms with Crippen molar-refractivity contribution in [3.8, 4) is 5.75 Å². The molecule has 0 fully saturated rings. The molecule has 1 nitrogen and oxygen atoms in total. The Balaban J connectivity index is 2.50. The lowest BCUT2D eigenvalue weighted by Gasteiger charge is -2.03. The molecule has 0 aliphatic rings. The first-order valence-corrected chi connectivity index (χ1v) is 5.67. The Kier molecular flexibility index (Phi) is 4.94. The van der Waals surface area contributed by atoms with Crippen molar-refractivity contribution in [2.24, 2.45) is 0 Å². The van der Waals surface area contributed by atoms with Crippen LogP contribution in [0, 0.1) is 0 Å². The van der Waals surface area contributed by atoms with Crippen LogP contribution in [0.4, 0.5) is 0 Å². The van der Waals surface area contributed by atoms with Gasteiger partial charge in [0.15, 0.2) is 0 Å². The van der Waals surface area contributed by atoms with Crippen molar-refractivity contribution < 1.29 is 4.74 Å². The highest BCUT2D eigenvalue weighted by molar-refractivity contribution is 7.11. The van der Waals surface area contributed by atoms with Gasteiger partial charge in [0.2, 0.25) is 0 Å². The standard InChI is InChI=1S/C10H13ClOS/c1-2-3-7-12-9-5-8-13-10(9)4-6-11/h4-6,8H,2-3,7H2,1H3. The van der Waals surface area contributed by atoms with E-state index in [0.717, 1.165) is 30.1 Å². The maximum atomic E-state index is 5.57. The van der Waals surface area contributed by atoms with E-state index in [4.69, 9.17) is 16.3 Å². The molecule has 0 aliphatic heterocycles. The summed E-state index contributed by atoms with van der Waals surface area (Å²) in [6.45, 7) is 2.94. The molecular weight excluding hydrogens is 204 g/mol. The molecule has 0 amide bonds.